The number of carboxylic acids is 1. The van der Waals surface area contributed by atoms with E-state index in [0.29, 0.717) is 18.4 Å². The first-order valence-corrected chi connectivity index (χ1v) is 8.75. The summed E-state index contributed by atoms with van der Waals surface area (Å²) in [5.74, 6) is -1.89. The largest absolute Gasteiger partial charge is 0.478 e. The minimum absolute atomic E-state index is 0.0689. The number of hydrogen-bond acceptors (Lipinski definition) is 5. The molecule has 1 N–H and O–H groups in total. The zero-order chi connectivity index (χ0) is 19.5. The number of aryl methyl sites for hydroxylation is 1. The molecule has 1 aromatic rings. The van der Waals surface area contributed by atoms with Gasteiger partial charge in [-0.05, 0) is 31.7 Å². The van der Waals surface area contributed by atoms with E-state index in [4.69, 9.17) is 16.3 Å². The number of hydrogen-bond donors (Lipinski definition) is 1. The lowest BCUT2D eigenvalue weighted by molar-refractivity contribution is -0.385. The Morgan fingerprint density at radius 3 is 2.62 bits per heavy atom. The minimum Gasteiger partial charge on any atom is -0.478 e. The topological polar surface area (TPSA) is 107 Å². The summed E-state index contributed by atoms with van der Waals surface area (Å²) in [6.07, 6.45) is 1.01. The third kappa shape index (κ3) is 2.19. The maximum Gasteiger partial charge on any atom is 0.348 e. The van der Waals surface area contributed by atoms with Crippen LogP contribution in [-0.2, 0) is 20.7 Å². The van der Waals surface area contributed by atoms with Gasteiger partial charge >= 0.3 is 11.9 Å². The van der Waals surface area contributed by atoms with Crippen LogP contribution >= 0.6 is 11.6 Å². The van der Waals surface area contributed by atoms with Gasteiger partial charge in [0.05, 0.1) is 10.3 Å². The molecule has 1 saturated carbocycles. The van der Waals surface area contributed by atoms with Gasteiger partial charge in [0.25, 0.3) is 5.69 Å². The standard InChI is InChI=1S/C18H20ClNO6/c1-16(2)17(3)11(9-18(16,14(21)22)26-15(17)23)6-4-10-5-7-12(19)8-13(10)20(24)25/h5,7-8,11H,4,6,9H2,1-3H3,(H,21,22)/t11?,17?,18-/m1/s1. The van der Waals surface area contributed by atoms with Gasteiger partial charge in [0.2, 0.25) is 5.60 Å². The number of esters is 1. The molecule has 26 heavy (non-hydrogen) atoms. The number of nitro groups is 1. The smallest absolute Gasteiger partial charge is 0.348 e. The molecule has 2 aliphatic rings. The van der Waals surface area contributed by atoms with Crippen LogP contribution in [0.4, 0.5) is 5.69 Å². The summed E-state index contributed by atoms with van der Waals surface area (Å²) in [6.45, 7) is 5.24. The molecular formula is C18H20ClNO6. The second-order valence-corrected chi connectivity index (χ2v) is 8.26. The Bertz CT molecular complexity index is 822. The maximum atomic E-state index is 12.5. The molecule has 2 fully saturated rings. The fraction of sp³-hybridized carbons (Fsp3) is 0.556. The molecule has 0 amide bonds. The quantitative estimate of drug-likeness (QED) is 0.474. The Morgan fingerprint density at radius 2 is 2.08 bits per heavy atom. The molecule has 1 saturated heterocycles. The number of fused-ring (bicyclic) bond motifs is 2. The van der Waals surface area contributed by atoms with Crippen molar-refractivity contribution in [3.63, 3.8) is 0 Å². The van der Waals surface area contributed by atoms with Gasteiger partial charge in [0.15, 0.2) is 0 Å². The van der Waals surface area contributed by atoms with Gasteiger partial charge in [-0.15, -0.1) is 0 Å². The molecule has 1 aliphatic carbocycles. The number of carbonyl (C=O) groups excluding carboxylic acids is 1. The van der Waals surface area contributed by atoms with Crippen molar-refractivity contribution in [1.82, 2.24) is 0 Å². The fourth-order valence-electron chi connectivity index (χ4n) is 4.63. The number of rotatable bonds is 5. The van der Waals surface area contributed by atoms with Crippen molar-refractivity contribution in [1.29, 1.82) is 0 Å². The van der Waals surface area contributed by atoms with Crippen molar-refractivity contribution < 1.29 is 24.4 Å². The van der Waals surface area contributed by atoms with E-state index in [1.165, 1.54) is 6.07 Å². The van der Waals surface area contributed by atoms with E-state index in [1.807, 2.05) is 0 Å². The van der Waals surface area contributed by atoms with Crippen molar-refractivity contribution >= 4 is 29.2 Å². The van der Waals surface area contributed by atoms with Crippen molar-refractivity contribution in [2.75, 3.05) is 0 Å². The predicted molar refractivity (Wildman–Crippen MR) is 92.9 cm³/mol. The lowest BCUT2D eigenvalue weighted by Gasteiger charge is -2.34. The summed E-state index contributed by atoms with van der Waals surface area (Å²) in [4.78, 5) is 35.2. The Kier molecular flexibility index (Phi) is 4.07. The third-order valence-electron chi connectivity index (χ3n) is 6.70. The Morgan fingerprint density at radius 1 is 1.42 bits per heavy atom. The van der Waals surface area contributed by atoms with Crippen molar-refractivity contribution in [2.24, 2.45) is 16.7 Å². The molecule has 2 bridgehead atoms. The number of carbonyl (C=O) groups is 2. The number of benzene rings is 1. The first kappa shape index (κ1) is 18.6. The highest BCUT2D eigenvalue weighted by molar-refractivity contribution is 6.30. The molecule has 7 nitrogen and oxygen atoms in total. The average Bonchev–Trinajstić information content (AvgIpc) is 2.82. The monoisotopic (exact) mass is 381 g/mol. The van der Waals surface area contributed by atoms with E-state index >= 15 is 0 Å². The van der Waals surface area contributed by atoms with Gasteiger partial charge < -0.3 is 9.84 Å². The number of nitrogens with zero attached hydrogens (tertiary/aromatic N) is 1. The van der Waals surface area contributed by atoms with Gasteiger partial charge in [-0.2, -0.15) is 0 Å². The van der Waals surface area contributed by atoms with Crippen LogP contribution in [0, 0.1) is 26.9 Å². The Balaban J connectivity index is 1.90. The van der Waals surface area contributed by atoms with Crippen molar-refractivity contribution in [2.45, 2.75) is 45.6 Å². The van der Waals surface area contributed by atoms with Crippen LogP contribution in [0.1, 0.15) is 39.2 Å². The predicted octanol–water partition coefficient (Wildman–Crippen LogP) is 3.61. The lowest BCUT2D eigenvalue weighted by atomic mass is 9.63. The lowest BCUT2D eigenvalue weighted by Crippen LogP contribution is -2.47. The summed E-state index contributed by atoms with van der Waals surface area (Å²) in [5, 5.41) is 21.3. The molecule has 140 valence electrons. The Labute approximate surface area is 155 Å². The number of nitro benzene ring substituents is 1. The zero-order valence-electron chi connectivity index (χ0n) is 14.7. The molecule has 8 heteroatoms. The van der Waals surface area contributed by atoms with E-state index in [9.17, 15) is 24.8 Å². The highest BCUT2D eigenvalue weighted by atomic mass is 35.5. The molecule has 3 atom stereocenters. The van der Waals surface area contributed by atoms with Gasteiger partial charge in [-0.25, -0.2) is 4.79 Å². The van der Waals surface area contributed by atoms with Crippen LogP contribution < -0.4 is 0 Å². The molecule has 2 unspecified atom stereocenters. The van der Waals surface area contributed by atoms with E-state index in [2.05, 4.69) is 0 Å². The van der Waals surface area contributed by atoms with E-state index in [0.717, 1.165) is 0 Å². The molecule has 0 radical (unpaired) electrons. The molecule has 1 heterocycles. The molecule has 1 aromatic carbocycles. The highest BCUT2D eigenvalue weighted by Crippen LogP contribution is 2.69. The van der Waals surface area contributed by atoms with E-state index in [1.54, 1.807) is 32.9 Å². The average molecular weight is 382 g/mol. The zero-order valence-corrected chi connectivity index (χ0v) is 15.5. The summed E-state index contributed by atoms with van der Waals surface area (Å²) in [5.41, 5.74) is -2.93. The molecule has 3 rings (SSSR count). The van der Waals surface area contributed by atoms with E-state index in [-0.39, 0.29) is 23.0 Å². The molecule has 0 aromatic heterocycles. The number of aliphatic carboxylic acids is 1. The summed E-state index contributed by atoms with van der Waals surface area (Å²) < 4.78 is 5.32. The highest BCUT2D eigenvalue weighted by Gasteiger charge is 2.79. The second-order valence-electron chi connectivity index (χ2n) is 7.82. The van der Waals surface area contributed by atoms with Crippen molar-refractivity contribution in [3.05, 3.63) is 38.9 Å². The number of carboxylic acid groups (broad SMARTS) is 1. The van der Waals surface area contributed by atoms with Crippen LogP contribution in [-0.4, -0.2) is 27.6 Å². The van der Waals surface area contributed by atoms with Crippen LogP contribution in [0.2, 0.25) is 5.02 Å². The van der Waals surface area contributed by atoms with Gasteiger partial charge in [-0.1, -0.05) is 31.5 Å². The van der Waals surface area contributed by atoms with E-state index < -0.39 is 33.3 Å². The number of ether oxygens (including phenoxy) is 1. The summed E-state index contributed by atoms with van der Waals surface area (Å²) >= 11 is 5.84. The van der Waals surface area contributed by atoms with Crippen LogP contribution in [0.3, 0.4) is 0 Å². The first-order chi connectivity index (χ1) is 12.0. The maximum absolute atomic E-state index is 12.5. The number of halogens is 1. The summed E-state index contributed by atoms with van der Waals surface area (Å²) in [6, 6.07) is 4.49. The van der Waals surface area contributed by atoms with Gasteiger partial charge in [0, 0.05) is 28.5 Å². The van der Waals surface area contributed by atoms with Crippen LogP contribution in [0.5, 0.6) is 0 Å². The van der Waals surface area contributed by atoms with Crippen LogP contribution in [0.15, 0.2) is 18.2 Å². The van der Waals surface area contributed by atoms with Crippen LogP contribution in [0.25, 0.3) is 0 Å². The van der Waals surface area contributed by atoms with Crippen molar-refractivity contribution in [3.8, 4) is 0 Å². The Hall–Kier alpha value is -2.15. The molecule has 1 aliphatic heterocycles. The first-order valence-electron chi connectivity index (χ1n) is 8.37. The second kappa shape index (κ2) is 5.67. The SMILES string of the molecule is CC12C(=O)O[C@@](C(=O)O)(CC1CCc1ccc(Cl)cc1[N+](=O)[O-])C2(C)C. The summed E-state index contributed by atoms with van der Waals surface area (Å²) in [7, 11) is 0. The minimum atomic E-state index is -1.55. The van der Waals surface area contributed by atoms with Gasteiger partial charge in [0.1, 0.15) is 0 Å². The fourth-order valence-corrected chi connectivity index (χ4v) is 4.79. The molecular weight excluding hydrogens is 362 g/mol. The van der Waals surface area contributed by atoms with Gasteiger partial charge in [-0.3, -0.25) is 14.9 Å². The molecule has 0 spiro atoms. The third-order valence-corrected chi connectivity index (χ3v) is 6.94. The normalized spacial score (nSPS) is 31.7.